The molecular formula is C19H24N4O4S2. The van der Waals surface area contributed by atoms with Crippen molar-refractivity contribution in [2.75, 3.05) is 36.5 Å². The first-order valence-corrected chi connectivity index (χ1v) is 12.5. The fraction of sp³-hybridized carbons (Fsp3) is 0.526. The van der Waals surface area contributed by atoms with Crippen LogP contribution in [-0.4, -0.2) is 72.7 Å². The fourth-order valence-corrected chi connectivity index (χ4v) is 7.43. The Hall–Kier alpha value is -2.07. The molecule has 4 rings (SSSR count). The van der Waals surface area contributed by atoms with Crippen LogP contribution in [0.5, 0.6) is 0 Å². The summed E-state index contributed by atoms with van der Waals surface area (Å²) in [5.41, 5.74) is 1.37. The van der Waals surface area contributed by atoms with Gasteiger partial charge in [-0.15, -0.1) is 0 Å². The number of thioether (sulfide) groups is 1. The Morgan fingerprint density at radius 2 is 2.03 bits per heavy atom. The van der Waals surface area contributed by atoms with E-state index in [9.17, 15) is 18.0 Å². The van der Waals surface area contributed by atoms with Gasteiger partial charge in [-0.05, 0) is 37.1 Å². The van der Waals surface area contributed by atoms with Gasteiger partial charge in [0, 0.05) is 42.6 Å². The van der Waals surface area contributed by atoms with Gasteiger partial charge in [0.05, 0.1) is 17.5 Å². The average Bonchev–Trinajstić information content (AvgIpc) is 3.31. The van der Waals surface area contributed by atoms with E-state index in [1.54, 1.807) is 12.1 Å². The molecule has 10 heteroatoms. The Kier molecular flexibility index (Phi) is 5.82. The molecule has 3 heterocycles. The van der Waals surface area contributed by atoms with E-state index in [1.165, 1.54) is 11.8 Å². The number of hydrogen-bond acceptors (Lipinski definition) is 7. The van der Waals surface area contributed by atoms with Crippen molar-refractivity contribution in [2.45, 2.75) is 30.6 Å². The predicted octanol–water partition coefficient (Wildman–Crippen LogP) is 1.11. The number of carbonyl (C=O) groups excluding carboxylic acids is 2. The lowest BCUT2D eigenvalue weighted by atomic mass is 10.2. The maximum Gasteiger partial charge on any atom is 0.251 e. The fourth-order valence-electron chi connectivity index (χ4n) is 3.76. The molecule has 0 spiro atoms. The van der Waals surface area contributed by atoms with Crippen molar-refractivity contribution in [1.29, 1.82) is 0 Å². The molecule has 2 N–H and O–H groups in total. The summed E-state index contributed by atoms with van der Waals surface area (Å²) in [5.74, 6) is 0.370. The number of fused-ring (bicyclic) bond motifs is 1. The smallest absolute Gasteiger partial charge is 0.251 e. The van der Waals surface area contributed by atoms with Crippen LogP contribution in [0.15, 0.2) is 29.3 Å². The summed E-state index contributed by atoms with van der Waals surface area (Å²) in [6, 6.07) is 6.95. The van der Waals surface area contributed by atoms with E-state index in [-0.39, 0.29) is 34.6 Å². The third kappa shape index (κ3) is 4.92. The van der Waals surface area contributed by atoms with Crippen LogP contribution in [0.25, 0.3) is 0 Å². The Labute approximate surface area is 174 Å². The van der Waals surface area contributed by atoms with Gasteiger partial charge in [0.1, 0.15) is 0 Å². The molecule has 0 radical (unpaired) electrons. The minimum atomic E-state index is -2.95. The van der Waals surface area contributed by atoms with Gasteiger partial charge in [-0.1, -0.05) is 11.8 Å². The zero-order chi connectivity index (χ0) is 20.4. The molecule has 0 saturated carbocycles. The normalized spacial score (nSPS) is 25.0. The van der Waals surface area contributed by atoms with E-state index in [1.807, 2.05) is 17.0 Å². The van der Waals surface area contributed by atoms with E-state index in [0.717, 1.165) is 30.2 Å². The third-order valence-electron chi connectivity index (χ3n) is 5.28. The molecule has 0 aromatic heterocycles. The van der Waals surface area contributed by atoms with Crippen molar-refractivity contribution in [3.63, 3.8) is 0 Å². The van der Waals surface area contributed by atoms with Gasteiger partial charge in [-0.25, -0.2) is 8.42 Å². The van der Waals surface area contributed by atoms with Gasteiger partial charge >= 0.3 is 0 Å². The second kappa shape index (κ2) is 8.35. The van der Waals surface area contributed by atoms with E-state index >= 15 is 0 Å². The van der Waals surface area contributed by atoms with E-state index < -0.39 is 9.84 Å². The van der Waals surface area contributed by atoms with Gasteiger partial charge in [-0.2, -0.15) is 0 Å². The highest BCUT2D eigenvalue weighted by Gasteiger charge is 2.42. The van der Waals surface area contributed by atoms with Crippen molar-refractivity contribution in [3.8, 4) is 0 Å². The van der Waals surface area contributed by atoms with E-state index in [2.05, 4.69) is 15.6 Å². The van der Waals surface area contributed by atoms with Crippen LogP contribution in [0, 0.1) is 0 Å². The standard InChI is InChI=1S/C19H24N4O4S2/c24-17-3-1-9-23(17)10-2-8-20-18(25)13-4-6-14(7-5-13)21-19-22-15-11-29(26,27)12-16(15)28-19/h4-7,15-16H,1-3,8-12H2,(H,20,25)(H,21,22). The molecule has 3 aliphatic rings. The summed E-state index contributed by atoms with van der Waals surface area (Å²) in [6.07, 6.45) is 2.31. The average molecular weight is 437 g/mol. The molecular weight excluding hydrogens is 412 g/mol. The first-order chi connectivity index (χ1) is 13.9. The van der Waals surface area contributed by atoms with Crippen LogP contribution in [0.3, 0.4) is 0 Å². The number of nitrogens with zero attached hydrogens (tertiary/aromatic N) is 2. The molecule has 156 valence electrons. The number of hydrogen-bond donors (Lipinski definition) is 2. The summed E-state index contributed by atoms with van der Waals surface area (Å²) < 4.78 is 23.3. The van der Waals surface area contributed by atoms with Crippen molar-refractivity contribution < 1.29 is 18.0 Å². The number of nitrogens with one attached hydrogen (secondary N) is 2. The Morgan fingerprint density at radius 3 is 2.72 bits per heavy atom. The second-order valence-electron chi connectivity index (χ2n) is 7.53. The lowest BCUT2D eigenvalue weighted by Gasteiger charge is -2.15. The molecule has 2 unspecified atom stereocenters. The number of anilines is 1. The number of carbonyl (C=O) groups is 2. The summed E-state index contributed by atoms with van der Waals surface area (Å²) >= 11 is 1.47. The van der Waals surface area contributed by atoms with Crippen LogP contribution >= 0.6 is 11.8 Å². The van der Waals surface area contributed by atoms with E-state index in [4.69, 9.17) is 0 Å². The quantitative estimate of drug-likeness (QED) is 0.647. The van der Waals surface area contributed by atoms with Crippen LogP contribution < -0.4 is 10.6 Å². The number of likely N-dealkylation sites (tertiary alicyclic amines) is 1. The highest BCUT2D eigenvalue weighted by Crippen LogP contribution is 2.34. The first kappa shape index (κ1) is 20.2. The number of rotatable bonds is 6. The van der Waals surface area contributed by atoms with E-state index in [0.29, 0.717) is 25.1 Å². The summed E-state index contributed by atoms with van der Waals surface area (Å²) in [5, 5.41) is 6.81. The molecule has 0 aliphatic carbocycles. The van der Waals surface area contributed by atoms with Crippen LogP contribution in [-0.2, 0) is 14.6 Å². The molecule has 2 saturated heterocycles. The zero-order valence-corrected chi connectivity index (χ0v) is 17.6. The molecule has 2 atom stereocenters. The maximum atomic E-state index is 12.3. The zero-order valence-electron chi connectivity index (χ0n) is 16.0. The summed E-state index contributed by atoms with van der Waals surface area (Å²) in [6.45, 7) is 2.04. The van der Waals surface area contributed by atoms with Gasteiger partial charge in [0.25, 0.3) is 5.91 Å². The SMILES string of the molecule is O=C(NCCCN1CCCC1=O)c1ccc(NC2=NC3CS(=O)(=O)CC3S2)cc1. The number of amidine groups is 1. The maximum absolute atomic E-state index is 12.3. The molecule has 0 bridgehead atoms. The number of amides is 2. The van der Waals surface area contributed by atoms with Crippen LogP contribution in [0.4, 0.5) is 5.69 Å². The van der Waals surface area contributed by atoms with Crippen molar-refractivity contribution >= 4 is 44.3 Å². The highest BCUT2D eigenvalue weighted by molar-refractivity contribution is 8.15. The third-order valence-corrected chi connectivity index (χ3v) is 8.42. The van der Waals surface area contributed by atoms with Gasteiger partial charge < -0.3 is 15.5 Å². The molecule has 2 fully saturated rings. The largest absolute Gasteiger partial charge is 0.352 e. The monoisotopic (exact) mass is 436 g/mol. The Morgan fingerprint density at radius 1 is 1.24 bits per heavy atom. The Bertz CT molecular complexity index is 930. The lowest BCUT2D eigenvalue weighted by molar-refractivity contribution is -0.127. The number of benzene rings is 1. The Balaban J connectivity index is 1.23. The van der Waals surface area contributed by atoms with Gasteiger partial charge in [0.15, 0.2) is 15.0 Å². The van der Waals surface area contributed by atoms with Gasteiger partial charge in [-0.3, -0.25) is 14.6 Å². The lowest BCUT2D eigenvalue weighted by Crippen LogP contribution is -2.30. The van der Waals surface area contributed by atoms with Crippen LogP contribution in [0.2, 0.25) is 0 Å². The van der Waals surface area contributed by atoms with Crippen molar-refractivity contribution in [2.24, 2.45) is 4.99 Å². The molecule has 1 aromatic carbocycles. The highest BCUT2D eigenvalue weighted by atomic mass is 32.2. The second-order valence-corrected chi connectivity index (χ2v) is 10.9. The van der Waals surface area contributed by atoms with Crippen molar-refractivity contribution in [1.82, 2.24) is 10.2 Å². The predicted molar refractivity (Wildman–Crippen MR) is 114 cm³/mol. The van der Waals surface area contributed by atoms with Gasteiger partial charge in [0.2, 0.25) is 5.91 Å². The number of aliphatic imine (C=N–C) groups is 1. The summed E-state index contributed by atoms with van der Waals surface area (Å²) in [7, 11) is -2.95. The molecule has 2 amide bonds. The minimum Gasteiger partial charge on any atom is -0.352 e. The minimum absolute atomic E-state index is 0.00315. The first-order valence-electron chi connectivity index (χ1n) is 9.77. The van der Waals surface area contributed by atoms with Crippen molar-refractivity contribution in [3.05, 3.63) is 29.8 Å². The molecule has 29 heavy (non-hydrogen) atoms. The van der Waals surface area contributed by atoms with Crippen LogP contribution in [0.1, 0.15) is 29.6 Å². The molecule has 1 aromatic rings. The summed E-state index contributed by atoms with van der Waals surface area (Å²) in [4.78, 5) is 30.1. The molecule has 8 nitrogen and oxygen atoms in total. The molecule has 3 aliphatic heterocycles. The topological polar surface area (TPSA) is 108 Å². The number of sulfone groups is 1.